The van der Waals surface area contributed by atoms with Gasteiger partial charge in [-0.1, -0.05) is 6.92 Å². The molecule has 1 aliphatic heterocycles. The van der Waals surface area contributed by atoms with E-state index >= 15 is 0 Å². The first-order chi connectivity index (χ1) is 12.5. The van der Waals surface area contributed by atoms with Gasteiger partial charge in [-0.15, -0.1) is 0 Å². The zero-order valence-electron chi connectivity index (χ0n) is 16.3. The Bertz CT molecular complexity index is 719. The van der Waals surface area contributed by atoms with E-state index in [1.165, 1.54) is 0 Å². The molecule has 3 rings (SSSR count). The predicted molar refractivity (Wildman–Crippen MR) is 96.2 cm³/mol. The number of esters is 1. The molecule has 1 amide bonds. The molecule has 2 bridgehead atoms. The molecule has 2 aliphatic carbocycles. The van der Waals surface area contributed by atoms with E-state index in [-0.39, 0.29) is 43.5 Å². The molecule has 1 heterocycles. The number of fused-ring (bicyclic) bond motifs is 1. The topological polar surface area (TPSA) is 108 Å². The van der Waals surface area contributed by atoms with Crippen LogP contribution in [0.3, 0.4) is 0 Å². The van der Waals surface area contributed by atoms with Crippen molar-refractivity contribution in [2.24, 2.45) is 17.3 Å². The lowest BCUT2D eigenvalue weighted by molar-refractivity contribution is -0.154. The molecule has 0 aromatic carbocycles. The Balaban J connectivity index is 1.41. The summed E-state index contributed by atoms with van der Waals surface area (Å²) in [6, 6.07) is 0. The molecule has 8 nitrogen and oxygen atoms in total. The number of ether oxygens (including phenoxy) is 2. The molecule has 154 valence electrons. The molecule has 1 N–H and O–H groups in total. The molecule has 1 saturated heterocycles. The van der Waals surface area contributed by atoms with Crippen LogP contribution in [0.15, 0.2) is 0 Å². The van der Waals surface area contributed by atoms with Crippen LogP contribution in [0.25, 0.3) is 0 Å². The van der Waals surface area contributed by atoms with E-state index in [9.17, 15) is 18.0 Å². The van der Waals surface area contributed by atoms with Crippen molar-refractivity contribution in [3.05, 3.63) is 0 Å². The molecular formula is C18H29NO7S. The Morgan fingerprint density at radius 1 is 1.30 bits per heavy atom. The van der Waals surface area contributed by atoms with Crippen LogP contribution >= 0.6 is 0 Å². The largest absolute Gasteiger partial charge is 0.463 e. The van der Waals surface area contributed by atoms with E-state index in [0.29, 0.717) is 12.8 Å². The van der Waals surface area contributed by atoms with Crippen molar-refractivity contribution in [1.82, 2.24) is 5.32 Å². The highest BCUT2D eigenvalue weighted by molar-refractivity contribution is 7.87. The van der Waals surface area contributed by atoms with Crippen LogP contribution in [0.1, 0.15) is 47.0 Å². The van der Waals surface area contributed by atoms with Crippen LogP contribution in [-0.2, 0) is 33.4 Å². The molecular weight excluding hydrogens is 374 g/mol. The minimum absolute atomic E-state index is 0.0538. The van der Waals surface area contributed by atoms with E-state index in [1.807, 2.05) is 20.8 Å². The van der Waals surface area contributed by atoms with Gasteiger partial charge >= 0.3 is 5.97 Å². The van der Waals surface area contributed by atoms with Crippen molar-refractivity contribution in [3.8, 4) is 0 Å². The number of rotatable bonds is 8. The van der Waals surface area contributed by atoms with Gasteiger partial charge in [0, 0.05) is 5.92 Å². The summed E-state index contributed by atoms with van der Waals surface area (Å²) in [6.45, 7) is 7.44. The van der Waals surface area contributed by atoms with Gasteiger partial charge in [0.1, 0.15) is 18.8 Å². The summed E-state index contributed by atoms with van der Waals surface area (Å²) in [5.74, 6) is -0.571. The first-order valence-corrected chi connectivity index (χ1v) is 11.0. The highest BCUT2D eigenvalue weighted by Crippen LogP contribution is 2.61. The van der Waals surface area contributed by atoms with Crippen LogP contribution in [0.2, 0.25) is 0 Å². The minimum Gasteiger partial charge on any atom is -0.463 e. The fourth-order valence-electron chi connectivity index (χ4n) is 4.50. The summed E-state index contributed by atoms with van der Waals surface area (Å²) < 4.78 is 40.5. The number of carbonyl (C=O) groups is 2. The van der Waals surface area contributed by atoms with E-state index in [2.05, 4.69) is 5.32 Å². The first-order valence-electron chi connectivity index (χ1n) is 9.51. The number of carbonyl (C=O) groups excluding carboxylic acids is 2. The summed E-state index contributed by atoms with van der Waals surface area (Å²) in [6.07, 6.45) is 1.57. The normalized spacial score (nSPS) is 36.0. The third kappa shape index (κ3) is 3.61. The van der Waals surface area contributed by atoms with Crippen molar-refractivity contribution in [2.75, 3.05) is 19.8 Å². The monoisotopic (exact) mass is 403 g/mol. The lowest BCUT2D eigenvalue weighted by Gasteiger charge is -2.33. The van der Waals surface area contributed by atoms with Crippen LogP contribution in [0.5, 0.6) is 0 Å². The predicted octanol–water partition coefficient (Wildman–Crippen LogP) is 0.994. The quantitative estimate of drug-likeness (QED) is 0.366. The Labute approximate surface area is 160 Å². The molecule has 0 radical (unpaired) electrons. The maximum Gasteiger partial charge on any atom is 0.311 e. The lowest BCUT2D eigenvalue weighted by Crippen LogP contribution is -2.47. The average molecular weight is 403 g/mol. The standard InChI is InChI=1S/C18H29NO7S/c1-5-17(2,3)16(21)24-7-6-19-14(20)10-25-15-11-8-12-13(9-11)27(22,23)26-18(12,15)4/h11-13,15H,5-10H2,1-4H3,(H,19,20). The van der Waals surface area contributed by atoms with Crippen molar-refractivity contribution in [2.45, 2.75) is 63.9 Å². The Kier molecular flexibility index (Phi) is 5.33. The van der Waals surface area contributed by atoms with Crippen LogP contribution in [0.4, 0.5) is 0 Å². The fourth-order valence-corrected chi connectivity index (χ4v) is 6.61. The lowest BCUT2D eigenvalue weighted by atomic mass is 9.83. The maximum atomic E-state index is 12.1. The molecule has 3 fully saturated rings. The van der Waals surface area contributed by atoms with Crippen molar-refractivity contribution < 1.29 is 31.7 Å². The van der Waals surface area contributed by atoms with Gasteiger partial charge in [-0.3, -0.25) is 13.8 Å². The summed E-state index contributed by atoms with van der Waals surface area (Å²) in [5, 5.41) is 2.22. The zero-order valence-corrected chi connectivity index (χ0v) is 17.1. The highest BCUT2D eigenvalue weighted by atomic mass is 32.2. The number of nitrogens with one attached hydrogen (secondary N) is 1. The van der Waals surface area contributed by atoms with Gasteiger partial charge in [0.05, 0.1) is 23.3 Å². The van der Waals surface area contributed by atoms with Crippen molar-refractivity contribution in [3.63, 3.8) is 0 Å². The first kappa shape index (κ1) is 20.5. The Morgan fingerprint density at radius 3 is 2.67 bits per heavy atom. The summed E-state index contributed by atoms with van der Waals surface area (Å²) >= 11 is 0. The average Bonchev–Trinajstić information content (AvgIpc) is 3.17. The van der Waals surface area contributed by atoms with E-state index in [0.717, 1.165) is 6.42 Å². The molecule has 5 unspecified atom stereocenters. The fraction of sp³-hybridized carbons (Fsp3) is 0.889. The van der Waals surface area contributed by atoms with Crippen molar-refractivity contribution >= 4 is 22.0 Å². The molecule has 0 aromatic rings. The Morgan fingerprint density at radius 2 is 2.00 bits per heavy atom. The minimum atomic E-state index is -3.53. The van der Waals surface area contributed by atoms with E-state index in [4.69, 9.17) is 13.7 Å². The molecule has 3 aliphatic rings. The smallest absolute Gasteiger partial charge is 0.311 e. The number of hydrogen-bond donors (Lipinski definition) is 1. The van der Waals surface area contributed by atoms with Gasteiger partial charge in [-0.05, 0) is 46.0 Å². The summed E-state index contributed by atoms with van der Waals surface area (Å²) in [5.41, 5.74) is -1.40. The summed E-state index contributed by atoms with van der Waals surface area (Å²) in [4.78, 5) is 23.9. The SMILES string of the molecule is CCC(C)(C)C(=O)OCCNC(=O)COC1C2CC3C(C2)S(=O)(=O)OC31C. The van der Waals surface area contributed by atoms with Gasteiger partial charge in [0.2, 0.25) is 5.91 Å². The van der Waals surface area contributed by atoms with Crippen LogP contribution in [-0.4, -0.2) is 57.0 Å². The van der Waals surface area contributed by atoms with E-state index in [1.54, 1.807) is 6.92 Å². The molecule has 2 saturated carbocycles. The second-order valence-electron chi connectivity index (χ2n) is 8.59. The summed E-state index contributed by atoms with van der Waals surface area (Å²) in [7, 11) is -3.53. The maximum absolute atomic E-state index is 12.1. The van der Waals surface area contributed by atoms with Gasteiger partial charge in [0.25, 0.3) is 10.1 Å². The molecule has 0 spiro atoms. The second-order valence-corrected chi connectivity index (χ2v) is 10.3. The molecule has 27 heavy (non-hydrogen) atoms. The third-order valence-electron chi connectivity index (χ3n) is 6.42. The second kappa shape index (κ2) is 7.00. The highest BCUT2D eigenvalue weighted by Gasteiger charge is 2.71. The zero-order chi connectivity index (χ0) is 20.0. The number of amides is 1. The number of hydrogen-bond acceptors (Lipinski definition) is 7. The molecule has 0 aromatic heterocycles. The van der Waals surface area contributed by atoms with Crippen molar-refractivity contribution in [1.29, 1.82) is 0 Å². The van der Waals surface area contributed by atoms with Gasteiger partial charge in [-0.25, -0.2) is 0 Å². The molecule has 5 atom stereocenters. The van der Waals surface area contributed by atoms with E-state index < -0.39 is 32.5 Å². The Hall–Kier alpha value is -1.19. The third-order valence-corrected chi connectivity index (χ3v) is 8.28. The van der Waals surface area contributed by atoms with Crippen LogP contribution in [0, 0.1) is 17.3 Å². The molecule has 9 heteroatoms. The van der Waals surface area contributed by atoms with Gasteiger partial charge in [-0.2, -0.15) is 8.42 Å². The van der Waals surface area contributed by atoms with Gasteiger partial charge < -0.3 is 14.8 Å². The van der Waals surface area contributed by atoms with Crippen LogP contribution < -0.4 is 5.32 Å². The van der Waals surface area contributed by atoms with Gasteiger partial charge in [0.15, 0.2) is 0 Å².